The largest absolute Gasteiger partial charge is 0.504 e. The summed E-state index contributed by atoms with van der Waals surface area (Å²) in [4.78, 5) is 17.4. The Balaban J connectivity index is 3.01. The van der Waals surface area contributed by atoms with Crippen LogP contribution in [0.15, 0.2) is 23.3 Å². The van der Waals surface area contributed by atoms with Crippen LogP contribution in [0.1, 0.15) is 0 Å². The molecule has 0 saturated carbocycles. The van der Waals surface area contributed by atoms with Crippen LogP contribution in [0.2, 0.25) is 5.02 Å². The molecule has 0 amide bonds. The number of H-pyrrole nitrogens is 1. The highest BCUT2D eigenvalue weighted by Gasteiger charge is 2.04. The highest BCUT2D eigenvalue weighted by Crippen LogP contribution is 2.19. The number of hydrogen-bond donors (Lipinski definition) is 2. The number of aromatic nitrogens is 2. The zero-order chi connectivity index (χ0) is 9.42. The molecular weight excluding hydrogens is 192 g/mol. The van der Waals surface area contributed by atoms with E-state index in [9.17, 15) is 9.90 Å². The maximum Gasteiger partial charge on any atom is 0.257 e. The Labute approximate surface area is 77.8 Å². The lowest BCUT2D eigenvalue weighted by Gasteiger charge is -1.98. The summed E-state index contributed by atoms with van der Waals surface area (Å²) in [6.45, 7) is 0. The second-order valence-electron chi connectivity index (χ2n) is 2.55. The van der Waals surface area contributed by atoms with Gasteiger partial charge < -0.3 is 10.1 Å². The topological polar surface area (TPSA) is 66.0 Å². The van der Waals surface area contributed by atoms with Crippen molar-refractivity contribution in [3.05, 3.63) is 33.8 Å². The predicted octanol–water partition coefficient (Wildman–Crippen LogP) is 1.28. The average Bonchev–Trinajstić information content (AvgIpc) is 2.12. The highest BCUT2D eigenvalue weighted by atomic mass is 35.5. The summed E-state index contributed by atoms with van der Waals surface area (Å²) in [5.74, 6) is -0.0636. The first-order valence-corrected chi connectivity index (χ1v) is 3.92. The van der Waals surface area contributed by atoms with E-state index in [1.807, 2.05) is 0 Å². The normalized spacial score (nSPS) is 10.5. The summed E-state index contributed by atoms with van der Waals surface area (Å²) in [6, 6.07) is 1.46. The molecule has 5 heteroatoms. The van der Waals surface area contributed by atoms with Crippen molar-refractivity contribution in [2.24, 2.45) is 0 Å². The first-order chi connectivity index (χ1) is 6.18. The van der Waals surface area contributed by atoms with Crippen LogP contribution in [0.4, 0.5) is 0 Å². The third kappa shape index (κ3) is 1.25. The van der Waals surface area contributed by atoms with Gasteiger partial charge in [-0.05, 0) is 6.07 Å². The number of aromatic amines is 1. The molecule has 0 unspecified atom stereocenters. The highest BCUT2D eigenvalue weighted by molar-refractivity contribution is 6.31. The Morgan fingerprint density at radius 2 is 2.31 bits per heavy atom. The average molecular weight is 197 g/mol. The van der Waals surface area contributed by atoms with E-state index in [0.29, 0.717) is 5.02 Å². The van der Waals surface area contributed by atoms with E-state index in [-0.39, 0.29) is 22.2 Å². The van der Waals surface area contributed by atoms with Crippen LogP contribution in [0.3, 0.4) is 0 Å². The summed E-state index contributed by atoms with van der Waals surface area (Å²) in [5.41, 5.74) is -0.0593. The SMILES string of the molecule is O=c1[nH]cc(O)c2ncc(Cl)cc12. The number of nitrogens with zero attached hydrogens (tertiary/aromatic N) is 1. The Kier molecular flexibility index (Phi) is 1.70. The fourth-order valence-corrected chi connectivity index (χ4v) is 1.25. The Morgan fingerprint density at radius 3 is 3.08 bits per heavy atom. The van der Waals surface area contributed by atoms with Crippen LogP contribution >= 0.6 is 11.6 Å². The van der Waals surface area contributed by atoms with Crippen LogP contribution < -0.4 is 5.56 Å². The Bertz CT molecular complexity index is 521. The molecule has 2 N–H and O–H groups in total. The van der Waals surface area contributed by atoms with E-state index in [2.05, 4.69) is 9.97 Å². The quantitative estimate of drug-likeness (QED) is 0.667. The minimum atomic E-state index is -0.317. The van der Waals surface area contributed by atoms with Crippen LogP contribution in [-0.2, 0) is 0 Å². The van der Waals surface area contributed by atoms with Gasteiger partial charge in [0, 0.05) is 12.4 Å². The van der Waals surface area contributed by atoms with Gasteiger partial charge in [-0.2, -0.15) is 0 Å². The van der Waals surface area contributed by atoms with E-state index >= 15 is 0 Å². The fraction of sp³-hybridized carbons (Fsp3) is 0. The zero-order valence-electron chi connectivity index (χ0n) is 6.41. The minimum Gasteiger partial charge on any atom is -0.504 e. The molecule has 2 heterocycles. The van der Waals surface area contributed by atoms with E-state index in [1.54, 1.807) is 0 Å². The van der Waals surface area contributed by atoms with Gasteiger partial charge in [0.1, 0.15) is 5.52 Å². The van der Waals surface area contributed by atoms with Crippen molar-refractivity contribution in [3.8, 4) is 5.75 Å². The van der Waals surface area contributed by atoms with Crippen molar-refractivity contribution in [1.29, 1.82) is 0 Å². The molecule has 2 aromatic heterocycles. The summed E-state index contributed by atoms with van der Waals surface area (Å²) in [5, 5.41) is 9.96. The molecule has 0 aliphatic carbocycles. The van der Waals surface area contributed by atoms with Gasteiger partial charge in [-0.3, -0.25) is 9.78 Å². The van der Waals surface area contributed by atoms with Gasteiger partial charge in [-0.15, -0.1) is 0 Å². The monoisotopic (exact) mass is 196 g/mol. The van der Waals surface area contributed by atoms with Crippen LogP contribution in [0.5, 0.6) is 5.75 Å². The Morgan fingerprint density at radius 1 is 1.54 bits per heavy atom. The molecular formula is C8H5ClN2O2. The lowest BCUT2D eigenvalue weighted by atomic mass is 10.2. The molecule has 0 aliphatic rings. The van der Waals surface area contributed by atoms with Crippen molar-refractivity contribution < 1.29 is 5.11 Å². The van der Waals surface area contributed by atoms with Crippen molar-refractivity contribution in [1.82, 2.24) is 9.97 Å². The lowest BCUT2D eigenvalue weighted by Crippen LogP contribution is -2.05. The van der Waals surface area contributed by atoms with Gasteiger partial charge in [-0.1, -0.05) is 11.6 Å². The lowest BCUT2D eigenvalue weighted by molar-refractivity contribution is 0.477. The van der Waals surface area contributed by atoms with E-state index < -0.39 is 0 Å². The number of fused-ring (bicyclic) bond motifs is 1. The minimum absolute atomic E-state index is 0.0636. The molecule has 0 fully saturated rings. The maximum atomic E-state index is 11.2. The summed E-state index contributed by atoms with van der Waals surface area (Å²) >= 11 is 5.65. The number of hydrogen-bond acceptors (Lipinski definition) is 3. The first kappa shape index (κ1) is 8.07. The Hall–Kier alpha value is -1.55. The number of pyridine rings is 2. The molecule has 4 nitrogen and oxygen atoms in total. The van der Waals surface area contributed by atoms with Gasteiger partial charge in [0.2, 0.25) is 0 Å². The second-order valence-corrected chi connectivity index (χ2v) is 2.99. The summed E-state index contributed by atoms with van der Waals surface area (Å²) in [6.07, 6.45) is 2.58. The van der Waals surface area contributed by atoms with Crippen molar-refractivity contribution in [2.75, 3.05) is 0 Å². The summed E-state index contributed by atoms with van der Waals surface area (Å²) in [7, 11) is 0. The standard InChI is InChI=1S/C8H5ClN2O2/c9-4-1-5-7(10-2-4)6(12)3-11-8(5)13/h1-3,12H,(H,11,13). The molecule has 2 aromatic rings. The van der Waals surface area contributed by atoms with E-state index in [0.717, 1.165) is 0 Å². The zero-order valence-corrected chi connectivity index (χ0v) is 7.17. The van der Waals surface area contributed by atoms with Crippen LogP contribution in [0, 0.1) is 0 Å². The molecule has 0 aromatic carbocycles. The van der Waals surface area contributed by atoms with Crippen molar-refractivity contribution in [2.45, 2.75) is 0 Å². The molecule has 2 rings (SSSR count). The van der Waals surface area contributed by atoms with Gasteiger partial charge in [-0.25, -0.2) is 0 Å². The third-order valence-corrected chi connectivity index (χ3v) is 1.89. The smallest absolute Gasteiger partial charge is 0.257 e. The van der Waals surface area contributed by atoms with Crippen molar-refractivity contribution >= 4 is 22.5 Å². The molecule has 0 aliphatic heterocycles. The van der Waals surface area contributed by atoms with E-state index in [4.69, 9.17) is 11.6 Å². The van der Waals surface area contributed by atoms with Crippen molar-refractivity contribution in [3.63, 3.8) is 0 Å². The van der Waals surface area contributed by atoms with Gasteiger partial charge in [0.05, 0.1) is 10.4 Å². The number of rotatable bonds is 0. The maximum absolute atomic E-state index is 11.2. The fourth-order valence-electron chi connectivity index (χ4n) is 1.10. The summed E-state index contributed by atoms with van der Waals surface area (Å²) < 4.78 is 0. The molecule has 0 spiro atoms. The number of nitrogens with one attached hydrogen (secondary N) is 1. The number of aromatic hydroxyl groups is 1. The number of halogens is 1. The van der Waals surface area contributed by atoms with Crippen LogP contribution in [-0.4, -0.2) is 15.1 Å². The molecule has 66 valence electrons. The van der Waals surface area contributed by atoms with Gasteiger partial charge in [0.15, 0.2) is 5.75 Å². The van der Waals surface area contributed by atoms with Gasteiger partial charge >= 0.3 is 0 Å². The predicted molar refractivity (Wildman–Crippen MR) is 49.0 cm³/mol. The molecule has 13 heavy (non-hydrogen) atoms. The van der Waals surface area contributed by atoms with Crippen LogP contribution in [0.25, 0.3) is 10.9 Å². The molecule has 0 bridgehead atoms. The first-order valence-electron chi connectivity index (χ1n) is 3.54. The van der Waals surface area contributed by atoms with E-state index in [1.165, 1.54) is 18.5 Å². The molecule has 0 radical (unpaired) electrons. The molecule has 0 atom stereocenters. The molecule has 0 saturated heterocycles. The van der Waals surface area contributed by atoms with Gasteiger partial charge in [0.25, 0.3) is 5.56 Å². The second kappa shape index (κ2) is 2.74. The third-order valence-electron chi connectivity index (χ3n) is 1.68.